The third kappa shape index (κ3) is 4.52. The number of halogens is 1. The second kappa shape index (κ2) is 10.3. The lowest BCUT2D eigenvalue weighted by atomic mass is 9.62. The number of amides is 1. The van der Waals surface area contributed by atoms with Crippen LogP contribution in [0.2, 0.25) is 0 Å². The highest BCUT2D eigenvalue weighted by atomic mass is 79.9. The normalized spacial score (nSPS) is 15.2. The standard InChI is InChI=1S/C31H29BrN4O3/c1-39-22-15-13-21(14-16-22)36-29(38)26-27(33-30(36)35-34-28(37)24-11-5-6-12-25(24)32)23-10-4-3-9-20(23)19-31(26)17-7-2-8-18-31/h3-6,9-16H,2,7-8,17-19H2,1H3,(H,33,35)(H,34,37). The first-order valence-electron chi connectivity index (χ1n) is 13.2. The molecular weight excluding hydrogens is 556 g/mol. The number of nitrogens with one attached hydrogen (secondary N) is 2. The van der Waals surface area contributed by atoms with Crippen LogP contribution in [-0.2, 0) is 11.8 Å². The van der Waals surface area contributed by atoms with Crippen molar-refractivity contribution in [3.8, 4) is 22.7 Å². The summed E-state index contributed by atoms with van der Waals surface area (Å²) in [5.41, 5.74) is 10.1. The Kier molecular flexibility index (Phi) is 6.73. The zero-order chi connectivity index (χ0) is 27.0. The number of aromatic nitrogens is 2. The number of ether oxygens (including phenoxy) is 1. The largest absolute Gasteiger partial charge is 0.497 e. The minimum atomic E-state index is -0.347. The van der Waals surface area contributed by atoms with E-state index in [-0.39, 0.29) is 22.8 Å². The first-order chi connectivity index (χ1) is 19.0. The number of hydrazine groups is 1. The van der Waals surface area contributed by atoms with Gasteiger partial charge in [-0.2, -0.15) is 0 Å². The van der Waals surface area contributed by atoms with Crippen LogP contribution >= 0.6 is 15.9 Å². The summed E-state index contributed by atoms with van der Waals surface area (Å²) in [5, 5.41) is 0. The van der Waals surface area contributed by atoms with Gasteiger partial charge in [-0.1, -0.05) is 55.7 Å². The molecule has 7 nitrogen and oxygen atoms in total. The molecule has 198 valence electrons. The third-order valence-electron chi connectivity index (χ3n) is 7.96. The van der Waals surface area contributed by atoms with Crippen molar-refractivity contribution in [3.05, 3.63) is 104 Å². The van der Waals surface area contributed by atoms with Crippen molar-refractivity contribution in [1.29, 1.82) is 0 Å². The minimum Gasteiger partial charge on any atom is -0.497 e. The summed E-state index contributed by atoms with van der Waals surface area (Å²) >= 11 is 3.44. The summed E-state index contributed by atoms with van der Waals surface area (Å²) in [6.45, 7) is 0. The zero-order valence-corrected chi connectivity index (χ0v) is 23.3. The summed E-state index contributed by atoms with van der Waals surface area (Å²) in [5.74, 6) is 0.582. The maximum absolute atomic E-state index is 14.6. The predicted molar refractivity (Wildman–Crippen MR) is 156 cm³/mol. The third-order valence-corrected chi connectivity index (χ3v) is 8.65. The van der Waals surface area contributed by atoms with Crippen molar-refractivity contribution in [3.63, 3.8) is 0 Å². The Bertz CT molecular complexity index is 1610. The maximum Gasteiger partial charge on any atom is 0.270 e. The van der Waals surface area contributed by atoms with Crippen LogP contribution < -0.4 is 21.1 Å². The molecule has 3 aromatic carbocycles. The number of benzene rings is 3. The average Bonchev–Trinajstić information content (AvgIpc) is 2.96. The highest BCUT2D eigenvalue weighted by Crippen LogP contribution is 2.48. The van der Waals surface area contributed by atoms with Crippen LogP contribution in [0.4, 0.5) is 5.95 Å². The number of methoxy groups -OCH3 is 1. The van der Waals surface area contributed by atoms with Crippen LogP contribution in [0.5, 0.6) is 5.75 Å². The van der Waals surface area contributed by atoms with Crippen LogP contribution in [0.3, 0.4) is 0 Å². The quantitative estimate of drug-likeness (QED) is 0.273. The Morgan fingerprint density at radius 3 is 2.44 bits per heavy atom. The smallest absolute Gasteiger partial charge is 0.270 e. The molecule has 1 amide bonds. The van der Waals surface area contributed by atoms with E-state index in [0.29, 0.717) is 27.2 Å². The number of anilines is 1. The molecule has 0 bridgehead atoms. The van der Waals surface area contributed by atoms with E-state index >= 15 is 0 Å². The molecule has 0 saturated heterocycles. The number of rotatable bonds is 5. The van der Waals surface area contributed by atoms with Gasteiger partial charge in [0, 0.05) is 15.5 Å². The summed E-state index contributed by atoms with van der Waals surface area (Å²) in [7, 11) is 1.61. The number of nitrogens with zero attached hydrogens (tertiary/aromatic N) is 2. The molecule has 8 heteroatoms. The van der Waals surface area contributed by atoms with E-state index in [0.717, 1.165) is 43.2 Å². The average molecular weight is 586 g/mol. The van der Waals surface area contributed by atoms with Gasteiger partial charge >= 0.3 is 0 Å². The van der Waals surface area contributed by atoms with Crippen molar-refractivity contribution in [1.82, 2.24) is 15.0 Å². The van der Waals surface area contributed by atoms with E-state index in [2.05, 4.69) is 38.9 Å². The van der Waals surface area contributed by atoms with E-state index in [1.54, 1.807) is 29.9 Å². The van der Waals surface area contributed by atoms with Crippen molar-refractivity contribution in [2.24, 2.45) is 0 Å². The lowest BCUT2D eigenvalue weighted by Gasteiger charge is -2.42. The molecular formula is C31H29BrN4O3. The fourth-order valence-electron chi connectivity index (χ4n) is 6.09. The first kappa shape index (κ1) is 25.4. The second-order valence-corrected chi connectivity index (χ2v) is 11.1. The molecule has 0 atom stereocenters. The maximum atomic E-state index is 14.6. The van der Waals surface area contributed by atoms with E-state index in [9.17, 15) is 9.59 Å². The Balaban J connectivity index is 1.53. The molecule has 1 spiro atoms. The fraction of sp³-hybridized carbons (Fsp3) is 0.258. The summed E-state index contributed by atoms with van der Waals surface area (Å²) < 4.78 is 7.59. The molecule has 0 unspecified atom stereocenters. The van der Waals surface area contributed by atoms with Gasteiger partial charge < -0.3 is 4.74 Å². The van der Waals surface area contributed by atoms with E-state index in [4.69, 9.17) is 9.72 Å². The van der Waals surface area contributed by atoms with Gasteiger partial charge in [-0.25, -0.2) is 9.55 Å². The van der Waals surface area contributed by atoms with Crippen molar-refractivity contribution < 1.29 is 9.53 Å². The van der Waals surface area contributed by atoms with Crippen molar-refractivity contribution in [2.75, 3.05) is 12.5 Å². The Morgan fingerprint density at radius 1 is 0.974 bits per heavy atom. The van der Waals surface area contributed by atoms with Crippen LogP contribution in [-0.4, -0.2) is 22.6 Å². The SMILES string of the molecule is COc1ccc(-n2c(NNC(=O)c3ccccc3Br)nc3c(c2=O)C2(CCCCC2)Cc2ccccc2-3)cc1. The van der Waals surface area contributed by atoms with Crippen LogP contribution in [0, 0.1) is 0 Å². The molecule has 2 aliphatic rings. The first-order valence-corrected chi connectivity index (χ1v) is 14.0. The number of carbonyl (C=O) groups is 1. The lowest BCUT2D eigenvalue weighted by molar-refractivity contribution is 0.0961. The topological polar surface area (TPSA) is 85.2 Å². The molecule has 4 aromatic rings. The van der Waals surface area contributed by atoms with E-state index < -0.39 is 0 Å². The number of fused-ring (bicyclic) bond motifs is 4. The molecule has 0 radical (unpaired) electrons. The molecule has 0 aliphatic heterocycles. The number of hydrogen-bond acceptors (Lipinski definition) is 5. The minimum absolute atomic E-state index is 0.112. The van der Waals surface area contributed by atoms with Gasteiger partial charge in [0.05, 0.1) is 29.6 Å². The highest BCUT2D eigenvalue weighted by Gasteiger charge is 2.43. The van der Waals surface area contributed by atoms with E-state index in [1.165, 1.54) is 12.0 Å². The Morgan fingerprint density at radius 2 is 1.69 bits per heavy atom. The van der Waals surface area contributed by atoms with Gasteiger partial charge in [0.1, 0.15) is 5.75 Å². The second-order valence-electron chi connectivity index (χ2n) is 10.2. The molecule has 6 rings (SSSR count). The van der Waals surface area contributed by atoms with Crippen molar-refractivity contribution >= 4 is 27.8 Å². The molecule has 1 heterocycles. The molecule has 1 fully saturated rings. The summed E-state index contributed by atoms with van der Waals surface area (Å²) in [4.78, 5) is 32.7. The fourth-order valence-corrected chi connectivity index (χ4v) is 6.55. The molecule has 1 aromatic heterocycles. The van der Waals surface area contributed by atoms with Crippen LogP contribution in [0.1, 0.15) is 53.6 Å². The van der Waals surface area contributed by atoms with Gasteiger partial charge in [-0.15, -0.1) is 0 Å². The number of hydrogen-bond donors (Lipinski definition) is 2. The van der Waals surface area contributed by atoms with Gasteiger partial charge in [-0.3, -0.25) is 20.4 Å². The van der Waals surface area contributed by atoms with Crippen LogP contribution in [0.25, 0.3) is 16.9 Å². The molecule has 2 N–H and O–H groups in total. The van der Waals surface area contributed by atoms with E-state index in [1.807, 2.05) is 42.5 Å². The summed E-state index contributed by atoms with van der Waals surface area (Å²) in [6.07, 6.45) is 6.11. The Hall–Kier alpha value is -3.91. The molecule has 1 saturated carbocycles. The monoisotopic (exact) mass is 584 g/mol. The van der Waals surface area contributed by atoms with Gasteiger partial charge in [0.15, 0.2) is 0 Å². The lowest BCUT2D eigenvalue weighted by Crippen LogP contribution is -2.44. The van der Waals surface area contributed by atoms with Gasteiger partial charge in [0.2, 0.25) is 5.95 Å². The highest BCUT2D eigenvalue weighted by molar-refractivity contribution is 9.10. The van der Waals surface area contributed by atoms with Crippen molar-refractivity contribution in [2.45, 2.75) is 43.9 Å². The Labute approximate surface area is 235 Å². The number of carbonyl (C=O) groups excluding carboxylic acids is 1. The van der Waals surface area contributed by atoms with Gasteiger partial charge in [0.25, 0.3) is 11.5 Å². The van der Waals surface area contributed by atoms with Gasteiger partial charge in [-0.05, 0) is 77.2 Å². The predicted octanol–water partition coefficient (Wildman–Crippen LogP) is 6.19. The molecule has 2 aliphatic carbocycles. The zero-order valence-electron chi connectivity index (χ0n) is 21.7. The molecule has 39 heavy (non-hydrogen) atoms. The summed E-state index contributed by atoms with van der Waals surface area (Å²) in [6, 6.07) is 22.7. The van der Waals surface area contributed by atoms with Crippen LogP contribution in [0.15, 0.2) is 82.1 Å².